The van der Waals surface area contributed by atoms with Crippen LogP contribution in [0.1, 0.15) is 24.0 Å². The monoisotopic (exact) mass is 443 g/mol. The second kappa shape index (κ2) is 10.5. The molecule has 170 valence electrons. The van der Waals surface area contributed by atoms with Gasteiger partial charge in [0, 0.05) is 31.0 Å². The number of carbonyl (C=O) groups excluding carboxylic acids is 1. The van der Waals surface area contributed by atoms with Crippen molar-refractivity contribution in [2.24, 2.45) is 5.41 Å². The van der Waals surface area contributed by atoms with E-state index >= 15 is 0 Å². The highest BCUT2D eigenvalue weighted by Gasteiger charge is 2.41. The quantitative estimate of drug-likeness (QED) is 0.498. The molecule has 2 heterocycles. The molecule has 0 atom stereocenters. The van der Waals surface area contributed by atoms with Gasteiger partial charge in [-0.2, -0.15) is 0 Å². The Labute approximate surface area is 195 Å². The molecule has 1 saturated heterocycles. The van der Waals surface area contributed by atoms with Crippen LogP contribution in [0.25, 0.3) is 11.1 Å². The second-order valence-electron chi connectivity index (χ2n) is 8.77. The number of carbonyl (C=O) groups is 1. The summed E-state index contributed by atoms with van der Waals surface area (Å²) >= 11 is 0. The van der Waals surface area contributed by atoms with Crippen LogP contribution in [0.5, 0.6) is 0 Å². The molecule has 0 radical (unpaired) electrons. The summed E-state index contributed by atoms with van der Waals surface area (Å²) in [5.74, 6) is -0.145. The summed E-state index contributed by atoms with van der Waals surface area (Å²) in [5, 5.41) is 3.04. The van der Waals surface area contributed by atoms with Gasteiger partial charge in [-0.1, -0.05) is 54.6 Å². The van der Waals surface area contributed by atoms with Crippen LogP contribution in [0.3, 0.4) is 0 Å². The third-order valence-corrected chi connectivity index (χ3v) is 6.51. The van der Waals surface area contributed by atoms with Crippen molar-refractivity contribution in [2.75, 3.05) is 19.6 Å². The zero-order valence-electron chi connectivity index (χ0n) is 18.8. The zero-order valence-corrected chi connectivity index (χ0v) is 18.8. The largest absolute Gasteiger partial charge is 0.352 e. The van der Waals surface area contributed by atoms with Gasteiger partial charge in [0.05, 0.1) is 5.41 Å². The number of hydrogen-bond acceptors (Lipinski definition) is 3. The lowest BCUT2D eigenvalue weighted by atomic mass is 9.72. The summed E-state index contributed by atoms with van der Waals surface area (Å²) in [4.78, 5) is 19.8. The van der Waals surface area contributed by atoms with Crippen molar-refractivity contribution >= 4 is 5.91 Å². The van der Waals surface area contributed by atoms with E-state index in [1.807, 2.05) is 42.6 Å². The normalized spacial score (nSPS) is 15.7. The molecule has 1 fully saturated rings. The first-order valence-corrected chi connectivity index (χ1v) is 11.4. The molecule has 1 N–H and O–H groups in total. The molecule has 4 nitrogen and oxygen atoms in total. The summed E-state index contributed by atoms with van der Waals surface area (Å²) in [7, 11) is 0. The van der Waals surface area contributed by atoms with Crippen LogP contribution in [0.15, 0.2) is 85.7 Å². The Balaban J connectivity index is 1.49. The van der Waals surface area contributed by atoms with Crippen LogP contribution in [0, 0.1) is 11.2 Å². The topological polar surface area (TPSA) is 45.2 Å². The van der Waals surface area contributed by atoms with Gasteiger partial charge in [0.15, 0.2) is 0 Å². The van der Waals surface area contributed by atoms with Crippen LogP contribution in [0.4, 0.5) is 4.39 Å². The lowest BCUT2D eigenvalue weighted by molar-refractivity contribution is -0.133. The van der Waals surface area contributed by atoms with Gasteiger partial charge in [-0.15, -0.1) is 6.58 Å². The summed E-state index contributed by atoms with van der Waals surface area (Å²) < 4.78 is 14.2. The van der Waals surface area contributed by atoms with Crippen molar-refractivity contribution in [3.8, 4) is 11.1 Å². The zero-order chi connectivity index (χ0) is 23.1. The summed E-state index contributed by atoms with van der Waals surface area (Å²) in [6.45, 7) is 6.74. The molecule has 2 aromatic carbocycles. The Kier molecular flexibility index (Phi) is 7.30. The van der Waals surface area contributed by atoms with Crippen molar-refractivity contribution < 1.29 is 9.18 Å². The minimum absolute atomic E-state index is 0.0848. The van der Waals surface area contributed by atoms with E-state index in [1.165, 1.54) is 11.6 Å². The van der Waals surface area contributed by atoms with Crippen LogP contribution in [-0.4, -0.2) is 35.4 Å². The average Bonchev–Trinajstić information content (AvgIpc) is 2.85. The highest BCUT2D eigenvalue weighted by molar-refractivity contribution is 5.83. The van der Waals surface area contributed by atoms with Crippen LogP contribution in [0.2, 0.25) is 0 Å². The predicted octanol–water partition coefficient (Wildman–Crippen LogP) is 5.01. The van der Waals surface area contributed by atoms with E-state index < -0.39 is 5.41 Å². The van der Waals surface area contributed by atoms with Gasteiger partial charge in [-0.05, 0) is 61.2 Å². The predicted molar refractivity (Wildman–Crippen MR) is 130 cm³/mol. The number of benzene rings is 2. The van der Waals surface area contributed by atoms with E-state index in [1.54, 1.807) is 24.4 Å². The van der Waals surface area contributed by atoms with E-state index in [9.17, 15) is 9.18 Å². The van der Waals surface area contributed by atoms with E-state index in [2.05, 4.69) is 27.8 Å². The maximum absolute atomic E-state index is 14.2. The minimum atomic E-state index is -0.464. The van der Waals surface area contributed by atoms with E-state index in [0.29, 0.717) is 18.5 Å². The Morgan fingerprint density at radius 3 is 2.48 bits per heavy atom. The van der Waals surface area contributed by atoms with Gasteiger partial charge in [-0.3, -0.25) is 14.7 Å². The molecular weight excluding hydrogens is 413 g/mol. The molecule has 1 aliphatic rings. The summed E-state index contributed by atoms with van der Waals surface area (Å²) in [6.07, 6.45) is 7.62. The Bertz CT molecular complexity index is 1070. The SMILES string of the molecule is C=CCNC(=O)C1(Cc2ccc(-c3ccccc3F)cc2)CCN(Cc2cccnc2)CC1. The summed E-state index contributed by atoms with van der Waals surface area (Å²) in [6, 6.07) is 18.8. The Hall–Kier alpha value is -3.31. The van der Waals surface area contributed by atoms with Gasteiger partial charge < -0.3 is 5.32 Å². The van der Waals surface area contributed by atoms with Crippen LogP contribution >= 0.6 is 0 Å². The molecule has 1 amide bonds. The van der Waals surface area contributed by atoms with Gasteiger partial charge in [0.2, 0.25) is 5.91 Å². The molecule has 1 aliphatic heterocycles. The third kappa shape index (κ3) is 5.55. The molecular formula is C28H30FN3O. The van der Waals surface area contributed by atoms with Crippen LogP contribution in [-0.2, 0) is 17.8 Å². The number of nitrogens with zero attached hydrogens (tertiary/aromatic N) is 2. The second-order valence-corrected chi connectivity index (χ2v) is 8.77. The van der Waals surface area contributed by atoms with Crippen molar-refractivity contribution in [1.29, 1.82) is 0 Å². The smallest absolute Gasteiger partial charge is 0.226 e. The van der Waals surface area contributed by atoms with Gasteiger partial charge in [0.25, 0.3) is 0 Å². The van der Waals surface area contributed by atoms with Gasteiger partial charge in [0.1, 0.15) is 5.82 Å². The fourth-order valence-electron chi connectivity index (χ4n) is 4.61. The standard InChI is InChI=1S/C28H30FN3O/c1-2-15-31-27(33)28(13-17-32(18-14-28)21-23-6-5-16-30-20-23)19-22-9-11-24(12-10-22)25-7-3-4-8-26(25)29/h2-12,16,20H,1,13-15,17-19,21H2,(H,31,33). The van der Waals surface area contributed by atoms with Crippen LogP contribution < -0.4 is 5.32 Å². The molecule has 0 spiro atoms. The number of halogens is 1. The first kappa shape index (κ1) is 22.9. The summed E-state index contributed by atoms with van der Waals surface area (Å²) in [5.41, 5.74) is 3.24. The van der Waals surface area contributed by atoms with E-state index in [4.69, 9.17) is 0 Å². The fourth-order valence-corrected chi connectivity index (χ4v) is 4.61. The molecule has 0 saturated carbocycles. The minimum Gasteiger partial charge on any atom is -0.352 e. The van der Waals surface area contributed by atoms with Gasteiger partial charge >= 0.3 is 0 Å². The number of hydrogen-bond donors (Lipinski definition) is 1. The van der Waals surface area contributed by atoms with Gasteiger partial charge in [-0.25, -0.2) is 4.39 Å². The number of likely N-dealkylation sites (tertiary alicyclic amines) is 1. The average molecular weight is 444 g/mol. The highest BCUT2D eigenvalue weighted by atomic mass is 19.1. The number of aromatic nitrogens is 1. The maximum atomic E-state index is 14.2. The fraction of sp³-hybridized carbons (Fsp3) is 0.286. The molecule has 33 heavy (non-hydrogen) atoms. The van der Waals surface area contributed by atoms with E-state index in [0.717, 1.165) is 43.6 Å². The molecule has 5 heteroatoms. The lowest BCUT2D eigenvalue weighted by Crippen LogP contribution is -2.50. The number of pyridine rings is 1. The van der Waals surface area contributed by atoms with Crippen molar-refractivity contribution in [2.45, 2.75) is 25.8 Å². The first-order valence-electron chi connectivity index (χ1n) is 11.4. The third-order valence-electron chi connectivity index (χ3n) is 6.51. The van der Waals surface area contributed by atoms with Crippen molar-refractivity contribution in [1.82, 2.24) is 15.2 Å². The lowest BCUT2D eigenvalue weighted by Gasteiger charge is -2.41. The molecule has 0 unspecified atom stereocenters. The molecule has 3 aromatic rings. The van der Waals surface area contributed by atoms with E-state index in [-0.39, 0.29) is 11.7 Å². The first-order chi connectivity index (χ1) is 16.1. The maximum Gasteiger partial charge on any atom is 0.226 e. The molecule has 1 aromatic heterocycles. The van der Waals surface area contributed by atoms with Crippen molar-refractivity contribution in [3.05, 3.63) is 103 Å². The number of nitrogens with one attached hydrogen (secondary N) is 1. The highest BCUT2D eigenvalue weighted by Crippen LogP contribution is 2.36. The number of rotatable bonds is 8. The molecule has 0 aliphatic carbocycles. The Morgan fingerprint density at radius 1 is 1.06 bits per heavy atom. The number of piperidine rings is 1. The van der Waals surface area contributed by atoms with Crippen molar-refractivity contribution in [3.63, 3.8) is 0 Å². The molecule has 0 bridgehead atoms. The molecule has 4 rings (SSSR count). The Morgan fingerprint density at radius 2 is 1.82 bits per heavy atom. The number of amides is 1.